The van der Waals surface area contributed by atoms with Crippen LogP contribution in [0.2, 0.25) is 0 Å². The molecule has 0 heterocycles. The Morgan fingerprint density at radius 1 is 1.46 bits per heavy atom. The van der Waals surface area contributed by atoms with Gasteiger partial charge < -0.3 is 9.84 Å². The lowest BCUT2D eigenvalue weighted by Crippen LogP contribution is -2.24. The van der Waals surface area contributed by atoms with Gasteiger partial charge in [0.15, 0.2) is 0 Å². The molecule has 0 amide bonds. The van der Waals surface area contributed by atoms with Gasteiger partial charge in [0.25, 0.3) is 0 Å². The third-order valence-electron chi connectivity index (χ3n) is 1.57. The molecule has 3 heteroatoms. The highest BCUT2D eigenvalue weighted by molar-refractivity contribution is 5.69. The van der Waals surface area contributed by atoms with E-state index in [0.717, 1.165) is 0 Å². The molecule has 78 valence electrons. The van der Waals surface area contributed by atoms with E-state index in [9.17, 15) is 9.90 Å². The van der Waals surface area contributed by atoms with Gasteiger partial charge in [0.05, 0.1) is 6.10 Å². The van der Waals surface area contributed by atoms with Crippen LogP contribution in [0.3, 0.4) is 0 Å². The maximum atomic E-state index is 11.1. The van der Waals surface area contributed by atoms with Crippen LogP contribution >= 0.6 is 0 Å². The molecule has 0 fully saturated rings. The lowest BCUT2D eigenvalue weighted by Gasteiger charge is -2.19. The Hall–Kier alpha value is -0.570. The Morgan fingerprint density at radius 2 is 2.00 bits per heavy atom. The Balaban J connectivity index is 3.64. The quantitative estimate of drug-likeness (QED) is 0.685. The van der Waals surface area contributed by atoms with Crippen molar-refractivity contribution in [1.29, 1.82) is 0 Å². The van der Waals surface area contributed by atoms with E-state index >= 15 is 0 Å². The first kappa shape index (κ1) is 12.4. The number of hydrogen-bond acceptors (Lipinski definition) is 3. The molecule has 0 aliphatic carbocycles. The van der Waals surface area contributed by atoms with Crippen LogP contribution in [0.1, 0.15) is 47.0 Å². The van der Waals surface area contributed by atoms with Crippen LogP contribution in [0.15, 0.2) is 0 Å². The molecule has 0 aromatic heterocycles. The van der Waals surface area contributed by atoms with Crippen LogP contribution in [-0.4, -0.2) is 22.8 Å². The fraction of sp³-hybridized carbons (Fsp3) is 0.900. The van der Waals surface area contributed by atoms with E-state index in [0.29, 0.717) is 19.3 Å². The molecular weight excluding hydrogens is 168 g/mol. The molecule has 0 spiro atoms. The summed E-state index contributed by atoms with van der Waals surface area (Å²) in [5.74, 6) is -0.236. The van der Waals surface area contributed by atoms with Gasteiger partial charge in [-0.2, -0.15) is 0 Å². The van der Waals surface area contributed by atoms with Crippen LogP contribution in [0.25, 0.3) is 0 Å². The number of rotatable bonds is 4. The van der Waals surface area contributed by atoms with Crippen LogP contribution < -0.4 is 0 Å². The monoisotopic (exact) mass is 188 g/mol. The summed E-state index contributed by atoms with van der Waals surface area (Å²) in [5, 5.41) is 9.20. The first-order valence-corrected chi connectivity index (χ1v) is 4.75. The predicted molar refractivity (Wildman–Crippen MR) is 51.4 cm³/mol. The summed E-state index contributed by atoms with van der Waals surface area (Å²) in [6, 6.07) is 0. The molecule has 0 aromatic carbocycles. The van der Waals surface area contributed by atoms with E-state index in [1.165, 1.54) is 0 Å². The molecule has 0 unspecified atom stereocenters. The van der Waals surface area contributed by atoms with E-state index < -0.39 is 5.60 Å². The zero-order valence-electron chi connectivity index (χ0n) is 8.96. The molecular formula is C10H20O3. The zero-order valence-corrected chi connectivity index (χ0v) is 8.96. The van der Waals surface area contributed by atoms with Gasteiger partial charge in [0.1, 0.15) is 5.60 Å². The van der Waals surface area contributed by atoms with Gasteiger partial charge in [-0.25, -0.2) is 0 Å². The number of ether oxygens (including phenoxy) is 1. The van der Waals surface area contributed by atoms with Crippen molar-refractivity contribution in [3.05, 3.63) is 0 Å². The third kappa shape index (κ3) is 7.78. The number of hydrogen-bond donors (Lipinski definition) is 1. The number of aliphatic hydroxyl groups is 1. The molecule has 3 nitrogen and oxygen atoms in total. The summed E-state index contributed by atoms with van der Waals surface area (Å²) in [4.78, 5) is 11.1. The lowest BCUT2D eigenvalue weighted by molar-refractivity contribution is -0.155. The first-order valence-electron chi connectivity index (χ1n) is 4.75. The highest BCUT2D eigenvalue weighted by atomic mass is 16.6. The van der Waals surface area contributed by atoms with Crippen molar-refractivity contribution in [2.75, 3.05) is 0 Å². The van der Waals surface area contributed by atoms with Gasteiger partial charge in [-0.1, -0.05) is 6.92 Å². The summed E-state index contributed by atoms with van der Waals surface area (Å²) in [6.45, 7) is 7.39. The molecule has 0 aromatic rings. The van der Waals surface area contributed by atoms with E-state index in [1.807, 2.05) is 27.7 Å². The van der Waals surface area contributed by atoms with E-state index in [4.69, 9.17) is 4.74 Å². The number of esters is 1. The third-order valence-corrected chi connectivity index (χ3v) is 1.57. The molecule has 13 heavy (non-hydrogen) atoms. The summed E-state index contributed by atoms with van der Waals surface area (Å²) < 4.78 is 5.08. The first-order chi connectivity index (χ1) is 5.85. The molecule has 0 radical (unpaired) electrons. The largest absolute Gasteiger partial charge is 0.460 e. The van der Waals surface area contributed by atoms with Gasteiger partial charge in [-0.05, 0) is 33.6 Å². The standard InChI is InChI=1S/C10H20O3/c1-5-8(11)6-7-9(12)13-10(2,3)4/h8,11H,5-7H2,1-4H3/t8-/m0/s1. The van der Waals surface area contributed by atoms with Crippen LogP contribution in [0, 0.1) is 0 Å². The van der Waals surface area contributed by atoms with Crippen molar-refractivity contribution in [1.82, 2.24) is 0 Å². The smallest absolute Gasteiger partial charge is 0.306 e. The number of carbonyl (C=O) groups excluding carboxylic acids is 1. The number of carbonyl (C=O) groups is 1. The van der Waals surface area contributed by atoms with Crippen LogP contribution in [0.5, 0.6) is 0 Å². The Bertz CT molecular complexity index is 158. The Kier molecular flexibility index (Phi) is 4.99. The maximum absolute atomic E-state index is 11.1. The topological polar surface area (TPSA) is 46.5 Å². The second-order valence-corrected chi connectivity index (χ2v) is 4.19. The molecule has 0 saturated carbocycles. The second-order valence-electron chi connectivity index (χ2n) is 4.19. The zero-order chi connectivity index (χ0) is 10.5. The van der Waals surface area contributed by atoms with Crippen molar-refractivity contribution in [2.45, 2.75) is 58.7 Å². The summed E-state index contributed by atoms with van der Waals surface area (Å²) in [7, 11) is 0. The normalized spacial score (nSPS) is 13.9. The molecule has 0 aliphatic rings. The highest BCUT2D eigenvalue weighted by Crippen LogP contribution is 2.10. The molecule has 0 bridgehead atoms. The van der Waals surface area contributed by atoms with E-state index in [1.54, 1.807) is 0 Å². The number of aliphatic hydroxyl groups excluding tert-OH is 1. The van der Waals surface area contributed by atoms with Crippen molar-refractivity contribution in [3.63, 3.8) is 0 Å². The minimum Gasteiger partial charge on any atom is -0.460 e. The maximum Gasteiger partial charge on any atom is 0.306 e. The van der Waals surface area contributed by atoms with Gasteiger partial charge in [-0.15, -0.1) is 0 Å². The van der Waals surface area contributed by atoms with E-state index in [-0.39, 0.29) is 12.1 Å². The fourth-order valence-corrected chi connectivity index (χ4v) is 0.881. The lowest BCUT2D eigenvalue weighted by atomic mass is 10.1. The SMILES string of the molecule is CC[C@H](O)CCC(=O)OC(C)(C)C. The van der Waals surface area contributed by atoms with Crippen LogP contribution in [0.4, 0.5) is 0 Å². The van der Waals surface area contributed by atoms with Crippen molar-refractivity contribution >= 4 is 5.97 Å². The van der Waals surface area contributed by atoms with Crippen LogP contribution in [-0.2, 0) is 9.53 Å². The molecule has 0 aliphatic heterocycles. The Morgan fingerprint density at radius 3 is 2.38 bits per heavy atom. The molecule has 1 N–H and O–H groups in total. The minimum atomic E-state index is -0.422. The van der Waals surface area contributed by atoms with Gasteiger partial charge in [-0.3, -0.25) is 4.79 Å². The fourth-order valence-electron chi connectivity index (χ4n) is 0.881. The van der Waals surface area contributed by atoms with Crippen molar-refractivity contribution < 1.29 is 14.6 Å². The summed E-state index contributed by atoms with van der Waals surface area (Å²) in [5.41, 5.74) is -0.422. The second kappa shape index (κ2) is 5.22. The van der Waals surface area contributed by atoms with Crippen molar-refractivity contribution in [3.8, 4) is 0 Å². The highest BCUT2D eigenvalue weighted by Gasteiger charge is 2.16. The van der Waals surface area contributed by atoms with Crippen molar-refractivity contribution in [2.24, 2.45) is 0 Å². The predicted octanol–water partition coefficient (Wildman–Crippen LogP) is 1.88. The van der Waals surface area contributed by atoms with Gasteiger partial charge in [0.2, 0.25) is 0 Å². The van der Waals surface area contributed by atoms with Gasteiger partial charge in [0, 0.05) is 6.42 Å². The summed E-state index contributed by atoms with van der Waals surface area (Å²) >= 11 is 0. The summed E-state index contributed by atoms with van der Waals surface area (Å²) in [6.07, 6.45) is 1.09. The molecule has 0 rings (SSSR count). The molecule has 0 saturated heterocycles. The van der Waals surface area contributed by atoms with Gasteiger partial charge >= 0.3 is 5.97 Å². The minimum absolute atomic E-state index is 0.236. The molecule has 1 atom stereocenters. The van der Waals surface area contributed by atoms with E-state index in [2.05, 4.69) is 0 Å². The average molecular weight is 188 g/mol. The Labute approximate surface area is 80.1 Å². The average Bonchev–Trinajstić information content (AvgIpc) is 1.97.